The molecule has 0 bridgehead atoms. The molecular weight excluding hydrogens is 891 g/mol. The molecule has 0 unspecified atom stereocenters. The molecule has 7 atom stereocenters. The smallest absolute Gasteiger partial charge is 0.243 e. The van der Waals surface area contributed by atoms with Crippen LogP contribution in [0.25, 0.3) is 0 Å². The monoisotopic (exact) mass is 959 g/mol. The fourth-order valence-corrected chi connectivity index (χ4v) is 9.70. The van der Waals surface area contributed by atoms with Gasteiger partial charge in [-0.05, 0) is 69.3 Å². The van der Waals surface area contributed by atoms with Crippen molar-refractivity contribution in [3.05, 3.63) is 0 Å². The van der Waals surface area contributed by atoms with E-state index in [9.17, 15) is 38.4 Å². The van der Waals surface area contributed by atoms with Crippen molar-refractivity contribution in [2.24, 2.45) is 44.6 Å². The molecule has 8 amide bonds. The molecule has 0 radical (unpaired) electrons. The summed E-state index contributed by atoms with van der Waals surface area (Å²) in [5, 5.41) is 19.5. The standard InChI is InChI=1S/C38H69N15O8S3/c1-21(2)16-27-34(59)50-24(8-5-12-44-37(40)41)32(57)47-18-30(55)49-28(31(39)56)20-64-63-19-23(48-22(3)54)17-46-26(11-15-62-4)36(61)53-14-7-10-29(53)35(60)51-25(33(58)52-27)9-6-13-45-38(42)43/h21,23-29,46H,5-20H2,1-4H3,(H2,39,56)(H,47,57)(H,48,54)(H,49,55)(H,50,59)(H,51,60)(H,52,58)(H4,40,41,44)(H4,42,43,45)/t23-,24-,25-,26-,27-,28-,29-/m0/s1. The lowest BCUT2D eigenvalue weighted by atomic mass is 10.0. The molecule has 2 aliphatic rings. The first-order valence-corrected chi connectivity index (χ1v) is 25.1. The summed E-state index contributed by atoms with van der Waals surface area (Å²) in [4.78, 5) is 117. The maximum atomic E-state index is 14.3. The highest BCUT2D eigenvalue weighted by atomic mass is 33.1. The Bertz CT molecular complexity index is 1650. The van der Waals surface area contributed by atoms with E-state index in [0.717, 1.165) is 0 Å². The van der Waals surface area contributed by atoms with Gasteiger partial charge in [-0.15, -0.1) is 0 Å². The third-order valence-electron chi connectivity index (χ3n) is 9.95. The van der Waals surface area contributed by atoms with Gasteiger partial charge in [-0.25, -0.2) is 0 Å². The van der Waals surface area contributed by atoms with E-state index in [1.807, 2.05) is 20.1 Å². The highest BCUT2D eigenvalue weighted by molar-refractivity contribution is 8.76. The van der Waals surface area contributed by atoms with E-state index in [-0.39, 0.29) is 87.1 Å². The number of guanidine groups is 2. The fraction of sp³-hybridized carbons (Fsp3) is 0.737. The largest absolute Gasteiger partial charge is 0.370 e. The van der Waals surface area contributed by atoms with Crippen LogP contribution in [0.3, 0.4) is 0 Å². The summed E-state index contributed by atoms with van der Waals surface area (Å²) in [6.07, 6.45) is 3.96. The maximum Gasteiger partial charge on any atom is 0.243 e. The van der Waals surface area contributed by atoms with Gasteiger partial charge in [0.25, 0.3) is 0 Å². The number of hydrogen-bond acceptors (Lipinski definition) is 14. The van der Waals surface area contributed by atoms with Crippen molar-refractivity contribution in [3.63, 3.8) is 0 Å². The number of primary amides is 1. The molecule has 23 nitrogen and oxygen atoms in total. The summed E-state index contributed by atoms with van der Waals surface area (Å²) < 4.78 is 0. The van der Waals surface area contributed by atoms with Gasteiger partial charge in [0, 0.05) is 44.6 Å². The lowest BCUT2D eigenvalue weighted by Crippen LogP contribution is -2.59. The predicted molar refractivity (Wildman–Crippen MR) is 251 cm³/mol. The Morgan fingerprint density at radius 2 is 1.38 bits per heavy atom. The van der Waals surface area contributed by atoms with Crippen LogP contribution in [0.1, 0.15) is 72.1 Å². The van der Waals surface area contributed by atoms with E-state index in [1.165, 1.54) is 33.4 Å². The lowest BCUT2D eigenvalue weighted by molar-refractivity contribution is -0.141. The Kier molecular flexibility index (Phi) is 25.7. The number of fused-ring (bicyclic) bond motifs is 1. The van der Waals surface area contributed by atoms with Crippen LogP contribution in [0.15, 0.2) is 9.98 Å². The van der Waals surface area contributed by atoms with Gasteiger partial charge in [0.1, 0.15) is 30.2 Å². The number of nitrogens with zero attached hydrogens (tertiary/aromatic N) is 3. The molecule has 2 rings (SSSR count). The topological polar surface area (TPSA) is 379 Å². The van der Waals surface area contributed by atoms with Crippen molar-refractivity contribution in [3.8, 4) is 0 Å². The third kappa shape index (κ3) is 21.3. The summed E-state index contributed by atoms with van der Waals surface area (Å²) in [6.45, 7) is 5.23. The lowest BCUT2D eigenvalue weighted by Gasteiger charge is -2.31. The van der Waals surface area contributed by atoms with Crippen molar-refractivity contribution in [2.75, 3.05) is 56.2 Å². The Morgan fingerprint density at radius 1 is 0.797 bits per heavy atom. The van der Waals surface area contributed by atoms with Crippen molar-refractivity contribution >= 4 is 92.5 Å². The molecule has 26 heteroatoms. The quantitative estimate of drug-likeness (QED) is 0.0325. The van der Waals surface area contributed by atoms with E-state index < -0.39 is 84.3 Å². The second-order valence-corrected chi connectivity index (χ2v) is 19.4. The molecule has 0 aromatic rings. The minimum atomic E-state index is -1.22. The average molecular weight is 960 g/mol. The molecule has 17 N–H and O–H groups in total. The van der Waals surface area contributed by atoms with Gasteiger partial charge in [0.2, 0.25) is 47.3 Å². The van der Waals surface area contributed by atoms with E-state index >= 15 is 0 Å². The molecule has 0 aliphatic carbocycles. The fourth-order valence-electron chi connectivity index (χ4n) is 6.81. The minimum Gasteiger partial charge on any atom is -0.370 e. The first-order chi connectivity index (χ1) is 30.3. The molecule has 2 aliphatic heterocycles. The van der Waals surface area contributed by atoms with Gasteiger partial charge in [-0.1, -0.05) is 35.4 Å². The van der Waals surface area contributed by atoms with Crippen molar-refractivity contribution in [2.45, 2.75) is 114 Å². The summed E-state index contributed by atoms with van der Waals surface area (Å²) in [6, 6.07) is -6.78. The van der Waals surface area contributed by atoms with Crippen LogP contribution in [0, 0.1) is 5.92 Å². The number of carbonyl (C=O) groups is 8. The highest BCUT2D eigenvalue weighted by Gasteiger charge is 2.39. The number of aliphatic imine (C=N–C) groups is 2. The van der Waals surface area contributed by atoms with Crippen molar-refractivity contribution < 1.29 is 38.4 Å². The zero-order chi connectivity index (χ0) is 47.8. The van der Waals surface area contributed by atoms with Crippen LogP contribution in [0.4, 0.5) is 0 Å². The SMILES string of the molecule is CSCC[C@@H]1NC[C@H](NC(C)=O)CSSC[C@@H](C(N)=O)NC(=O)CNC(=O)[C@H](CCCN=C(N)N)NC(=O)[C@H](CC(C)C)NC(=O)[C@H](CCCN=C(N)N)NC(=O)[C@@H]2CCCN2C1=O. The van der Waals surface area contributed by atoms with Crippen LogP contribution in [-0.2, 0) is 38.4 Å². The number of nitrogens with two attached hydrogens (primary N) is 5. The summed E-state index contributed by atoms with van der Waals surface area (Å²) in [7, 11) is 2.54. The summed E-state index contributed by atoms with van der Waals surface area (Å²) >= 11 is 1.55. The minimum absolute atomic E-state index is 0.0311. The third-order valence-corrected chi connectivity index (χ3v) is 13.1. The second-order valence-electron chi connectivity index (χ2n) is 15.8. The molecule has 0 spiro atoms. The number of carbonyl (C=O) groups excluding carboxylic acids is 8. The Balaban J connectivity index is 2.57. The molecule has 0 aromatic carbocycles. The number of nitrogens with one attached hydrogen (secondary N) is 7. The molecule has 0 saturated carbocycles. The van der Waals surface area contributed by atoms with Crippen LogP contribution >= 0.6 is 33.3 Å². The van der Waals surface area contributed by atoms with Crippen molar-refractivity contribution in [1.29, 1.82) is 0 Å². The molecule has 64 heavy (non-hydrogen) atoms. The first kappa shape index (κ1) is 55.4. The number of thioether (sulfide) groups is 1. The molecule has 2 fully saturated rings. The Labute approximate surface area is 386 Å². The van der Waals surface area contributed by atoms with Gasteiger partial charge < -0.3 is 70.8 Å². The summed E-state index contributed by atoms with van der Waals surface area (Å²) in [5.74, 6) is -4.27. The number of hydrogen-bond donors (Lipinski definition) is 12. The zero-order valence-electron chi connectivity index (χ0n) is 37.2. The average Bonchev–Trinajstić information content (AvgIpc) is 3.72. The van der Waals surface area contributed by atoms with Crippen LogP contribution in [-0.4, -0.2) is 163 Å². The highest BCUT2D eigenvalue weighted by Crippen LogP contribution is 2.24. The number of amides is 8. The molecule has 2 saturated heterocycles. The van der Waals surface area contributed by atoms with E-state index in [4.69, 9.17) is 28.7 Å². The van der Waals surface area contributed by atoms with Crippen LogP contribution < -0.4 is 65.9 Å². The molecular formula is C38H69N15O8S3. The van der Waals surface area contributed by atoms with Gasteiger partial charge in [-0.2, -0.15) is 11.8 Å². The molecule has 362 valence electrons. The Morgan fingerprint density at radius 3 is 1.95 bits per heavy atom. The normalized spacial score (nSPS) is 25.1. The zero-order valence-corrected chi connectivity index (χ0v) is 39.6. The summed E-state index contributed by atoms with van der Waals surface area (Å²) in [5.41, 5.74) is 27.6. The van der Waals surface area contributed by atoms with Gasteiger partial charge in [0.05, 0.1) is 18.6 Å². The predicted octanol–water partition coefficient (Wildman–Crippen LogP) is -3.72. The first-order valence-electron chi connectivity index (χ1n) is 21.2. The van der Waals surface area contributed by atoms with Crippen LogP contribution in [0.2, 0.25) is 0 Å². The van der Waals surface area contributed by atoms with Gasteiger partial charge >= 0.3 is 0 Å². The maximum absolute atomic E-state index is 14.3. The van der Waals surface area contributed by atoms with Gasteiger partial charge in [0.15, 0.2) is 11.9 Å². The van der Waals surface area contributed by atoms with E-state index in [0.29, 0.717) is 37.3 Å². The number of rotatable bonds is 15. The van der Waals surface area contributed by atoms with Crippen LogP contribution in [0.5, 0.6) is 0 Å². The van der Waals surface area contributed by atoms with E-state index in [2.05, 4.69) is 47.2 Å². The van der Waals surface area contributed by atoms with E-state index in [1.54, 1.807) is 11.8 Å². The molecule has 0 aromatic heterocycles. The van der Waals surface area contributed by atoms with Crippen molar-refractivity contribution in [1.82, 2.24) is 42.1 Å². The van der Waals surface area contributed by atoms with Gasteiger partial charge in [-0.3, -0.25) is 48.3 Å². The second kappa shape index (κ2) is 29.7. The molecule has 2 heterocycles. The Hall–Kier alpha value is -4.69.